The monoisotopic (exact) mass is 311 g/mol. The van der Waals surface area contributed by atoms with Crippen molar-refractivity contribution in [3.8, 4) is 0 Å². The van der Waals surface area contributed by atoms with Crippen molar-refractivity contribution in [1.82, 2.24) is 15.1 Å². The zero-order chi connectivity index (χ0) is 16.3. The molecule has 8 heteroatoms. The lowest BCUT2D eigenvalue weighted by molar-refractivity contribution is -0.137. The second-order valence-electron chi connectivity index (χ2n) is 5.59. The van der Waals surface area contributed by atoms with Crippen LogP contribution in [-0.2, 0) is 14.3 Å². The zero-order valence-electron chi connectivity index (χ0n) is 12.9. The predicted molar refractivity (Wildman–Crippen MR) is 75.9 cm³/mol. The highest BCUT2D eigenvalue weighted by Gasteiger charge is 2.55. The molecule has 2 aliphatic rings. The minimum absolute atomic E-state index is 0.131. The van der Waals surface area contributed by atoms with Gasteiger partial charge < -0.3 is 9.64 Å². The van der Waals surface area contributed by atoms with E-state index in [4.69, 9.17) is 0 Å². The molecule has 1 saturated carbocycles. The predicted octanol–water partition coefficient (Wildman–Crippen LogP) is 0.856. The van der Waals surface area contributed by atoms with Gasteiger partial charge in [-0.05, 0) is 19.8 Å². The maximum atomic E-state index is 12.6. The van der Waals surface area contributed by atoms with Crippen molar-refractivity contribution in [1.29, 1.82) is 0 Å². The number of hydrogen-bond acceptors (Lipinski definition) is 5. The van der Waals surface area contributed by atoms with Gasteiger partial charge in [0, 0.05) is 7.05 Å². The molecule has 1 heterocycles. The van der Waals surface area contributed by atoms with Crippen LogP contribution in [-0.4, -0.2) is 59.5 Å². The van der Waals surface area contributed by atoms with Crippen molar-refractivity contribution >= 4 is 23.9 Å². The molecule has 8 nitrogen and oxygen atoms in total. The second-order valence-corrected chi connectivity index (χ2v) is 5.59. The van der Waals surface area contributed by atoms with Gasteiger partial charge in [-0.3, -0.25) is 19.8 Å². The summed E-state index contributed by atoms with van der Waals surface area (Å²) in [5.74, 6) is -1.08. The first kappa shape index (κ1) is 16.3. The van der Waals surface area contributed by atoms with E-state index in [-0.39, 0.29) is 12.5 Å². The molecule has 1 N–H and O–H groups in total. The van der Waals surface area contributed by atoms with Crippen LogP contribution in [0.5, 0.6) is 0 Å². The molecule has 1 spiro atoms. The van der Waals surface area contributed by atoms with E-state index in [1.807, 2.05) is 5.32 Å². The number of imide groups is 2. The number of rotatable bonds is 3. The number of amides is 5. The number of nitrogens with zero attached hydrogens (tertiary/aromatic N) is 2. The molecule has 2 fully saturated rings. The third kappa shape index (κ3) is 2.77. The molecule has 5 amide bonds. The number of ether oxygens (including phenoxy) is 1. The molecule has 22 heavy (non-hydrogen) atoms. The number of carbonyl (C=O) groups excluding carboxylic acids is 4. The number of alkyl carbamates (subject to hydrolysis) is 1. The fourth-order valence-electron chi connectivity index (χ4n) is 3.14. The number of carbonyl (C=O) groups is 4. The van der Waals surface area contributed by atoms with Crippen molar-refractivity contribution in [2.24, 2.45) is 0 Å². The van der Waals surface area contributed by atoms with Gasteiger partial charge in [-0.15, -0.1) is 0 Å². The van der Waals surface area contributed by atoms with E-state index in [0.717, 1.165) is 24.2 Å². The molecule has 2 rings (SSSR count). The molecule has 0 bridgehead atoms. The van der Waals surface area contributed by atoms with E-state index in [9.17, 15) is 19.2 Å². The zero-order valence-corrected chi connectivity index (χ0v) is 12.9. The van der Waals surface area contributed by atoms with E-state index >= 15 is 0 Å². The fourth-order valence-corrected chi connectivity index (χ4v) is 3.14. The lowest BCUT2D eigenvalue weighted by atomic mass is 9.81. The van der Waals surface area contributed by atoms with Crippen LogP contribution in [0.2, 0.25) is 0 Å². The Bertz CT molecular complexity index is 499. The lowest BCUT2D eigenvalue weighted by Gasteiger charge is -2.35. The normalized spacial score (nSPS) is 20.5. The maximum absolute atomic E-state index is 12.6. The van der Waals surface area contributed by atoms with Crippen molar-refractivity contribution in [2.75, 3.05) is 20.2 Å². The molecule has 0 aromatic heterocycles. The second kappa shape index (κ2) is 6.33. The molecule has 1 aliphatic carbocycles. The maximum Gasteiger partial charge on any atom is 0.413 e. The topological polar surface area (TPSA) is 96.0 Å². The van der Waals surface area contributed by atoms with Gasteiger partial charge in [0.1, 0.15) is 12.1 Å². The highest BCUT2D eigenvalue weighted by molar-refractivity contribution is 6.09. The first-order valence-electron chi connectivity index (χ1n) is 7.48. The van der Waals surface area contributed by atoms with E-state index in [1.165, 1.54) is 4.90 Å². The van der Waals surface area contributed by atoms with Gasteiger partial charge in [0.25, 0.3) is 5.91 Å². The summed E-state index contributed by atoms with van der Waals surface area (Å²) in [6, 6.07) is -0.495. The van der Waals surface area contributed by atoms with E-state index < -0.39 is 30.1 Å². The Kier molecular flexibility index (Phi) is 4.68. The summed E-state index contributed by atoms with van der Waals surface area (Å²) in [7, 11) is 1.59. The first-order chi connectivity index (χ1) is 10.4. The summed E-state index contributed by atoms with van der Waals surface area (Å²) < 4.78 is 4.59. The van der Waals surface area contributed by atoms with Gasteiger partial charge in [-0.1, -0.05) is 19.3 Å². The average molecular weight is 311 g/mol. The Morgan fingerprint density at radius 3 is 2.45 bits per heavy atom. The molecular formula is C14H21N3O5. The minimum atomic E-state index is -0.882. The van der Waals surface area contributed by atoms with Gasteiger partial charge >= 0.3 is 12.1 Å². The Labute approximate surface area is 128 Å². The van der Waals surface area contributed by atoms with Gasteiger partial charge in [0.05, 0.1) is 6.61 Å². The summed E-state index contributed by atoms with van der Waals surface area (Å²) in [4.78, 5) is 50.2. The Balaban J connectivity index is 2.05. The van der Waals surface area contributed by atoms with Crippen LogP contribution < -0.4 is 5.32 Å². The Morgan fingerprint density at radius 1 is 1.23 bits per heavy atom. The third-order valence-corrected chi connectivity index (χ3v) is 4.30. The van der Waals surface area contributed by atoms with Gasteiger partial charge in [0.2, 0.25) is 5.91 Å². The first-order valence-corrected chi connectivity index (χ1v) is 7.48. The molecule has 0 aromatic rings. The summed E-state index contributed by atoms with van der Waals surface area (Å²) >= 11 is 0. The van der Waals surface area contributed by atoms with Crippen LogP contribution in [0, 0.1) is 0 Å². The molecule has 0 unspecified atom stereocenters. The van der Waals surface area contributed by atoms with Crippen molar-refractivity contribution in [2.45, 2.75) is 44.6 Å². The van der Waals surface area contributed by atoms with E-state index in [2.05, 4.69) is 4.74 Å². The molecular weight excluding hydrogens is 290 g/mol. The lowest BCUT2D eigenvalue weighted by Crippen LogP contribution is -2.49. The SMILES string of the molecule is CCOC(=O)NC(=O)CN1C(=O)N(C)C2(CCCCC2)C1=O. The number of urea groups is 1. The molecule has 122 valence electrons. The van der Waals surface area contributed by atoms with E-state index in [1.54, 1.807) is 14.0 Å². The van der Waals surface area contributed by atoms with E-state index in [0.29, 0.717) is 12.8 Å². The van der Waals surface area contributed by atoms with Crippen LogP contribution in [0.25, 0.3) is 0 Å². The number of nitrogens with one attached hydrogen (secondary N) is 1. The number of likely N-dealkylation sites (N-methyl/N-ethyl adjacent to an activating group) is 1. The fraction of sp³-hybridized carbons (Fsp3) is 0.714. The van der Waals surface area contributed by atoms with Gasteiger partial charge in [0.15, 0.2) is 0 Å². The summed E-state index contributed by atoms with van der Waals surface area (Å²) in [5, 5.41) is 1.99. The minimum Gasteiger partial charge on any atom is -0.450 e. The van der Waals surface area contributed by atoms with Crippen LogP contribution in [0.1, 0.15) is 39.0 Å². The van der Waals surface area contributed by atoms with Gasteiger partial charge in [-0.2, -0.15) is 0 Å². The van der Waals surface area contributed by atoms with Gasteiger partial charge in [-0.25, -0.2) is 9.59 Å². The summed E-state index contributed by atoms with van der Waals surface area (Å²) in [6.07, 6.45) is 3.15. The Morgan fingerprint density at radius 2 is 1.86 bits per heavy atom. The highest BCUT2D eigenvalue weighted by Crippen LogP contribution is 2.39. The third-order valence-electron chi connectivity index (χ3n) is 4.30. The molecule has 1 aliphatic heterocycles. The molecule has 0 atom stereocenters. The van der Waals surface area contributed by atoms with Crippen molar-refractivity contribution in [3.05, 3.63) is 0 Å². The average Bonchev–Trinajstić information content (AvgIpc) is 2.65. The standard InChI is InChI=1S/C14H21N3O5/c1-3-22-12(20)15-10(18)9-17-11(19)14(16(2)13(17)21)7-5-4-6-8-14/h3-9H2,1-2H3,(H,15,18,20). The molecule has 1 saturated heterocycles. The van der Waals surface area contributed by atoms with Crippen LogP contribution in [0.4, 0.5) is 9.59 Å². The summed E-state index contributed by atoms with van der Waals surface area (Å²) in [6.45, 7) is 1.27. The van der Waals surface area contributed by atoms with Crippen LogP contribution in [0.3, 0.4) is 0 Å². The quantitative estimate of drug-likeness (QED) is 0.780. The largest absolute Gasteiger partial charge is 0.450 e. The van der Waals surface area contributed by atoms with Crippen LogP contribution in [0.15, 0.2) is 0 Å². The number of hydrogen-bond donors (Lipinski definition) is 1. The smallest absolute Gasteiger partial charge is 0.413 e. The summed E-state index contributed by atoms with van der Waals surface area (Å²) in [5.41, 5.74) is -0.820. The van der Waals surface area contributed by atoms with Crippen molar-refractivity contribution in [3.63, 3.8) is 0 Å². The van der Waals surface area contributed by atoms with Crippen LogP contribution >= 0.6 is 0 Å². The highest BCUT2D eigenvalue weighted by atomic mass is 16.5. The Hall–Kier alpha value is -2.12. The molecule has 0 aromatic carbocycles. The molecule has 0 radical (unpaired) electrons. The van der Waals surface area contributed by atoms with Crippen molar-refractivity contribution < 1.29 is 23.9 Å².